The third kappa shape index (κ3) is 6.46. The first-order valence-corrected chi connectivity index (χ1v) is 12.1. The summed E-state index contributed by atoms with van der Waals surface area (Å²) in [6.07, 6.45) is 0.776. The molecule has 0 radical (unpaired) electrons. The SMILES string of the molecule is C[C@H](NC(c1cccc(Br)c1)C(C)(C)C#N)[C@@H](Cc1ccc(Cl)cc1)c1cccc(C#N)c1. The van der Waals surface area contributed by atoms with Crippen LogP contribution in [0.5, 0.6) is 0 Å². The van der Waals surface area contributed by atoms with Gasteiger partial charge in [-0.05, 0) is 80.3 Å². The van der Waals surface area contributed by atoms with Crippen LogP contribution in [0.15, 0.2) is 77.3 Å². The third-order valence-electron chi connectivity index (χ3n) is 6.04. The van der Waals surface area contributed by atoms with E-state index in [0.29, 0.717) is 10.6 Å². The maximum atomic E-state index is 9.94. The van der Waals surface area contributed by atoms with Crippen molar-refractivity contribution in [1.82, 2.24) is 5.32 Å². The summed E-state index contributed by atoms with van der Waals surface area (Å²) in [6.45, 7) is 6.07. The maximum Gasteiger partial charge on any atom is 0.0991 e. The lowest BCUT2D eigenvalue weighted by atomic mass is 9.79. The van der Waals surface area contributed by atoms with Gasteiger partial charge in [0.25, 0.3) is 0 Å². The zero-order valence-electron chi connectivity index (χ0n) is 19.0. The molecule has 1 N–H and O–H groups in total. The van der Waals surface area contributed by atoms with E-state index in [2.05, 4.69) is 58.5 Å². The van der Waals surface area contributed by atoms with Crippen LogP contribution < -0.4 is 5.32 Å². The Bertz CT molecular complexity index is 1170. The normalized spacial score (nSPS) is 14.0. The van der Waals surface area contributed by atoms with Crippen molar-refractivity contribution < 1.29 is 0 Å². The summed E-state index contributed by atoms with van der Waals surface area (Å²) in [5, 5.41) is 23.9. The van der Waals surface area contributed by atoms with Crippen LogP contribution in [0.2, 0.25) is 5.02 Å². The van der Waals surface area contributed by atoms with E-state index < -0.39 is 5.41 Å². The molecule has 0 aliphatic heterocycles. The van der Waals surface area contributed by atoms with E-state index in [0.717, 1.165) is 22.0 Å². The fraction of sp³-hybridized carbons (Fsp3) is 0.286. The quantitative estimate of drug-likeness (QED) is 0.333. The van der Waals surface area contributed by atoms with Crippen molar-refractivity contribution in [2.24, 2.45) is 5.41 Å². The molecule has 0 amide bonds. The fourth-order valence-corrected chi connectivity index (χ4v) is 4.69. The molecular weight excluding hydrogens is 494 g/mol. The van der Waals surface area contributed by atoms with Gasteiger partial charge in [0.05, 0.1) is 29.2 Å². The van der Waals surface area contributed by atoms with Gasteiger partial charge in [-0.3, -0.25) is 0 Å². The molecule has 3 rings (SSSR count). The van der Waals surface area contributed by atoms with Crippen LogP contribution >= 0.6 is 27.5 Å². The Hall–Kier alpha value is -2.63. The maximum absolute atomic E-state index is 9.94. The average Bonchev–Trinajstić information content (AvgIpc) is 2.81. The lowest BCUT2D eigenvalue weighted by molar-refractivity contribution is 0.281. The van der Waals surface area contributed by atoms with E-state index in [1.165, 1.54) is 5.56 Å². The van der Waals surface area contributed by atoms with E-state index >= 15 is 0 Å². The Kier molecular flexibility index (Phi) is 8.33. The highest BCUT2D eigenvalue weighted by atomic mass is 79.9. The van der Waals surface area contributed by atoms with E-state index in [1.807, 2.05) is 68.4 Å². The molecule has 5 heteroatoms. The molecule has 168 valence electrons. The number of nitriles is 2. The topological polar surface area (TPSA) is 59.6 Å². The van der Waals surface area contributed by atoms with Gasteiger partial charge in [-0.2, -0.15) is 10.5 Å². The molecule has 0 aliphatic carbocycles. The van der Waals surface area contributed by atoms with Gasteiger partial charge >= 0.3 is 0 Å². The lowest BCUT2D eigenvalue weighted by Gasteiger charge is -2.36. The summed E-state index contributed by atoms with van der Waals surface area (Å²) >= 11 is 9.66. The van der Waals surface area contributed by atoms with E-state index in [4.69, 9.17) is 11.6 Å². The van der Waals surface area contributed by atoms with Crippen molar-refractivity contribution in [2.75, 3.05) is 0 Å². The fourth-order valence-electron chi connectivity index (χ4n) is 4.15. The highest BCUT2D eigenvalue weighted by molar-refractivity contribution is 9.10. The molecule has 33 heavy (non-hydrogen) atoms. The minimum Gasteiger partial charge on any atom is -0.305 e. The minimum absolute atomic E-state index is 0.0197. The van der Waals surface area contributed by atoms with Gasteiger partial charge in [-0.1, -0.05) is 63.9 Å². The number of halogens is 2. The van der Waals surface area contributed by atoms with Crippen molar-refractivity contribution in [2.45, 2.75) is 45.2 Å². The Morgan fingerprint density at radius 3 is 2.27 bits per heavy atom. The lowest BCUT2D eigenvalue weighted by Crippen LogP contribution is -2.42. The predicted molar refractivity (Wildman–Crippen MR) is 138 cm³/mol. The molecule has 3 aromatic rings. The molecule has 0 aliphatic rings. The summed E-state index contributed by atoms with van der Waals surface area (Å²) in [5.74, 6) is 0.0867. The molecule has 0 heterocycles. The molecular formula is C28H27BrClN3. The standard InChI is InChI=1S/C28H27BrClN3/c1-19(33-27(28(2,3)18-32)23-8-5-9-24(29)16-23)26(15-20-10-12-25(30)13-11-20)22-7-4-6-21(14-22)17-31/h4-14,16,19,26-27,33H,15H2,1-3H3/t19-,26+,27?/m0/s1. The number of hydrogen-bond acceptors (Lipinski definition) is 3. The number of hydrogen-bond donors (Lipinski definition) is 1. The van der Waals surface area contributed by atoms with Crippen molar-refractivity contribution in [3.05, 3.63) is 105 Å². The molecule has 3 atom stereocenters. The predicted octanol–water partition coefficient (Wildman–Crippen LogP) is 7.57. The van der Waals surface area contributed by atoms with Crippen LogP contribution in [0.3, 0.4) is 0 Å². The Morgan fingerprint density at radius 2 is 1.64 bits per heavy atom. The second kappa shape index (κ2) is 11.0. The van der Waals surface area contributed by atoms with Crippen LogP contribution in [-0.4, -0.2) is 6.04 Å². The first kappa shape index (κ1) is 25.0. The number of nitrogens with one attached hydrogen (secondary N) is 1. The van der Waals surface area contributed by atoms with Gasteiger partial charge in [0.1, 0.15) is 0 Å². The van der Waals surface area contributed by atoms with Gasteiger partial charge in [-0.15, -0.1) is 0 Å². The van der Waals surface area contributed by atoms with Gasteiger partial charge < -0.3 is 5.32 Å². The van der Waals surface area contributed by atoms with Crippen LogP contribution in [-0.2, 0) is 6.42 Å². The first-order valence-electron chi connectivity index (χ1n) is 10.9. The number of benzene rings is 3. The van der Waals surface area contributed by atoms with Gasteiger partial charge in [0.2, 0.25) is 0 Å². The number of rotatable bonds is 8. The van der Waals surface area contributed by atoms with E-state index in [9.17, 15) is 10.5 Å². The molecule has 0 aromatic heterocycles. The first-order chi connectivity index (χ1) is 15.7. The van der Waals surface area contributed by atoms with Crippen LogP contribution in [0.4, 0.5) is 0 Å². The monoisotopic (exact) mass is 519 g/mol. The number of nitrogens with zero attached hydrogens (tertiary/aromatic N) is 2. The summed E-state index contributed by atoms with van der Waals surface area (Å²) in [6, 6.07) is 28.4. The zero-order chi connectivity index (χ0) is 24.0. The summed E-state index contributed by atoms with van der Waals surface area (Å²) in [7, 11) is 0. The van der Waals surface area contributed by atoms with Crippen molar-refractivity contribution in [3.8, 4) is 12.1 Å². The summed E-state index contributed by atoms with van der Waals surface area (Å²) in [5.41, 5.74) is 3.32. The van der Waals surface area contributed by atoms with Gasteiger partial charge in [0.15, 0.2) is 0 Å². The Morgan fingerprint density at radius 1 is 0.970 bits per heavy atom. The Balaban J connectivity index is 1.99. The summed E-state index contributed by atoms with van der Waals surface area (Å²) < 4.78 is 0.979. The summed E-state index contributed by atoms with van der Waals surface area (Å²) in [4.78, 5) is 0. The second-order valence-electron chi connectivity index (χ2n) is 8.95. The van der Waals surface area contributed by atoms with Crippen molar-refractivity contribution in [3.63, 3.8) is 0 Å². The van der Waals surface area contributed by atoms with E-state index in [1.54, 1.807) is 0 Å². The van der Waals surface area contributed by atoms with Crippen molar-refractivity contribution in [1.29, 1.82) is 10.5 Å². The third-order valence-corrected chi connectivity index (χ3v) is 6.78. The minimum atomic E-state index is -0.631. The highest BCUT2D eigenvalue weighted by Gasteiger charge is 2.34. The molecule has 3 aromatic carbocycles. The van der Waals surface area contributed by atoms with Crippen LogP contribution in [0.1, 0.15) is 55.0 Å². The highest BCUT2D eigenvalue weighted by Crippen LogP contribution is 2.36. The second-order valence-corrected chi connectivity index (χ2v) is 10.3. The molecule has 0 bridgehead atoms. The van der Waals surface area contributed by atoms with E-state index in [-0.39, 0.29) is 18.0 Å². The molecule has 0 spiro atoms. The van der Waals surface area contributed by atoms with Crippen molar-refractivity contribution >= 4 is 27.5 Å². The Labute approximate surface area is 210 Å². The molecule has 1 unspecified atom stereocenters. The van der Waals surface area contributed by atoms with Gasteiger partial charge in [0, 0.05) is 21.5 Å². The molecule has 3 nitrogen and oxygen atoms in total. The van der Waals surface area contributed by atoms with Crippen LogP contribution in [0, 0.1) is 28.1 Å². The molecule has 0 saturated carbocycles. The largest absolute Gasteiger partial charge is 0.305 e. The smallest absolute Gasteiger partial charge is 0.0991 e. The molecule has 0 fully saturated rings. The zero-order valence-corrected chi connectivity index (χ0v) is 21.4. The average molecular weight is 521 g/mol. The van der Waals surface area contributed by atoms with Crippen LogP contribution in [0.25, 0.3) is 0 Å². The van der Waals surface area contributed by atoms with Gasteiger partial charge in [-0.25, -0.2) is 0 Å². The molecule has 0 saturated heterocycles.